The van der Waals surface area contributed by atoms with Crippen molar-refractivity contribution >= 4 is 5.91 Å². The molecule has 0 radical (unpaired) electrons. The van der Waals surface area contributed by atoms with Crippen molar-refractivity contribution in [3.8, 4) is 0 Å². The van der Waals surface area contributed by atoms with Gasteiger partial charge in [-0.2, -0.15) is 0 Å². The summed E-state index contributed by atoms with van der Waals surface area (Å²) in [6, 6.07) is 0.620. The Morgan fingerprint density at radius 2 is 2.05 bits per heavy atom. The first-order valence-corrected chi connectivity index (χ1v) is 8.75. The first kappa shape index (κ1) is 14.4. The van der Waals surface area contributed by atoms with Crippen molar-refractivity contribution in [3.63, 3.8) is 0 Å². The van der Waals surface area contributed by atoms with E-state index in [1.165, 1.54) is 32.1 Å². The normalized spacial score (nSPS) is 40.3. The van der Waals surface area contributed by atoms with Gasteiger partial charge in [0.15, 0.2) is 0 Å². The molecule has 1 N–H and O–H groups in total. The van der Waals surface area contributed by atoms with E-state index in [0.717, 1.165) is 37.9 Å². The third-order valence-corrected chi connectivity index (χ3v) is 6.09. The topological polar surface area (TPSA) is 32.3 Å². The molecule has 20 heavy (non-hydrogen) atoms. The van der Waals surface area contributed by atoms with Crippen molar-refractivity contribution in [2.75, 3.05) is 19.6 Å². The predicted octanol–water partition coefficient (Wildman–Crippen LogP) is 2.66. The van der Waals surface area contributed by atoms with Crippen LogP contribution in [0, 0.1) is 23.7 Å². The molecule has 1 heterocycles. The Morgan fingerprint density at radius 3 is 2.65 bits per heavy atom. The molecule has 114 valence electrons. The summed E-state index contributed by atoms with van der Waals surface area (Å²) in [4.78, 5) is 15.0. The van der Waals surface area contributed by atoms with Gasteiger partial charge in [0.2, 0.25) is 5.91 Å². The van der Waals surface area contributed by atoms with Gasteiger partial charge < -0.3 is 10.2 Å². The summed E-state index contributed by atoms with van der Waals surface area (Å²) in [7, 11) is 0. The van der Waals surface area contributed by atoms with Crippen molar-refractivity contribution in [2.24, 2.45) is 23.7 Å². The van der Waals surface area contributed by atoms with Gasteiger partial charge in [0, 0.05) is 25.0 Å². The van der Waals surface area contributed by atoms with Gasteiger partial charge >= 0.3 is 0 Å². The number of amides is 1. The summed E-state index contributed by atoms with van der Waals surface area (Å²) in [5, 5.41) is 3.60. The Balaban J connectivity index is 1.59. The van der Waals surface area contributed by atoms with E-state index in [2.05, 4.69) is 24.1 Å². The summed E-state index contributed by atoms with van der Waals surface area (Å²) in [6.45, 7) is 7.45. The number of nitrogens with zero attached hydrogens (tertiary/aromatic N) is 1. The molecule has 1 amide bonds. The number of carbonyl (C=O) groups is 1. The second kappa shape index (κ2) is 6.05. The lowest BCUT2D eigenvalue weighted by Gasteiger charge is -2.40. The number of hydrogen-bond donors (Lipinski definition) is 1. The van der Waals surface area contributed by atoms with Crippen molar-refractivity contribution in [1.29, 1.82) is 0 Å². The van der Waals surface area contributed by atoms with E-state index in [1.54, 1.807) is 0 Å². The van der Waals surface area contributed by atoms with Gasteiger partial charge in [-0.05, 0) is 50.0 Å². The molecule has 0 aromatic rings. The number of hydrogen-bond acceptors (Lipinski definition) is 2. The maximum Gasteiger partial charge on any atom is 0.225 e. The molecule has 1 saturated heterocycles. The number of rotatable bonds is 4. The van der Waals surface area contributed by atoms with E-state index in [9.17, 15) is 4.79 Å². The second-order valence-electron chi connectivity index (χ2n) is 7.19. The standard InChI is InChI=1S/C17H30N2O/c1-3-13-11-19(8-7-16(13)18-4-2)17(20)15-10-12-5-6-14(15)9-12/h12-16,18H,3-11H2,1-2H3. The predicted molar refractivity (Wildman–Crippen MR) is 81.4 cm³/mol. The smallest absolute Gasteiger partial charge is 0.225 e. The highest BCUT2D eigenvalue weighted by molar-refractivity contribution is 5.79. The second-order valence-corrected chi connectivity index (χ2v) is 7.19. The maximum atomic E-state index is 12.8. The van der Waals surface area contributed by atoms with Crippen LogP contribution in [0.3, 0.4) is 0 Å². The van der Waals surface area contributed by atoms with E-state index in [1.807, 2.05) is 0 Å². The number of piperidine rings is 1. The lowest BCUT2D eigenvalue weighted by Crippen LogP contribution is -2.52. The minimum absolute atomic E-state index is 0.377. The molecule has 3 fully saturated rings. The molecule has 0 aromatic carbocycles. The number of likely N-dealkylation sites (tertiary alicyclic amines) is 1. The molecule has 2 aliphatic carbocycles. The Kier molecular flexibility index (Phi) is 4.34. The minimum Gasteiger partial charge on any atom is -0.342 e. The van der Waals surface area contributed by atoms with E-state index >= 15 is 0 Å². The van der Waals surface area contributed by atoms with Crippen LogP contribution in [0.4, 0.5) is 0 Å². The zero-order valence-electron chi connectivity index (χ0n) is 13.1. The SMILES string of the molecule is CCNC1CCN(C(=O)C2CC3CCC2C3)CC1CC. The van der Waals surface area contributed by atoms with Crippen LogP contribution in [0.5, 0.6) is 0 Å². The van der Waals surface area contributed by atoms with Crippen LogP contribution in [0.2, 0.25) is 0 Å². The molecular weight excluding hydrogens is 248 g/mol. The van der Waals surface area contributed by atoms with Crippen molar-refractivity contribution in [1.82, 2.24) is 10.2 Å². The fourth-order valence-electron chi connectivity index (χ4n) is 4.96. The number of fused-ring (bicyclic) bond motifs is 2. The number of nitrogens with one attached hydrogen (secondary N) is 1. The molecule has 3 rings (SSSR count). The maximum absolute atomic E-state index is 12.8. The highest BCUT2D eigenvalue weighted by Gasteiger charge is 2.45. The van der Waals surface area contributed by atoms with E-state index in [4.69, 9.17) is 0 Å². The average molecular weight is 278 g/mol. The summed E-state index contributed by atoms with van der Waals surface area (Å²) in [5.41, 5.74) is 0. The molecule has 3 aliphatic rings. The first-order chi connectivity index (χ1) is 9.72. The number of carbonyl (C=O) groups excluding carboxylic acids is 1. The van der Waals surface area contributed by atoms with Gasteiger partial charge in [-0.1, -0.05) is 26.7 Å². The molecule has 5 atom stereocenters. The van der Waals surface area contributed by atoms with Crippen LogP contribution in [-0.4, -0.2) is 36.5 Å². The van der Waals surface area contributed by atoms with Crippen LogP contribution in [0.1, 0.15) is 52.4 Å². The summed E-state index contributed by atoms with van der Waals surface area (Å²) >= 11 is 0. The van der Waals surface area contributed by atoms with Crippen molar-refractivity contribution in [3.05, 3.63) is 0 Å². The largest absolute Gasteiger partial charge is 0.342 e. The highest BCUT2D eigenvalue weighted by Crippen LogP contribution is 2.49. The molecular formula is C17H30N2O. The average Bonchev–Trinajstić information content (AvgIpc) is 3.10. The lowest BCUT2D eigenvalue weighted by atomic mass is 9.85. The summed E-state index contributed by atoms with van der Waals surface area (Å²) in [6.07, 6.45) is 7.53. The van der Waals surface area contributed by atoms with Gasteiger partial charge in [0.25, 0.3) is 0 Å². The fraction of sp³-hybridized carbons (Fsp3) is 0.941. The lowest BCUT2D eigenvalue weighted by molar-refractivity contribution is -0.139. The van der Waals surface area contributed by atoms with E-state index in [0.29, 0.717) is 23.8 Å². The highest BCUT2D eigenvalue weighted by atomic mass is 16.2. The molecule has 3 heteroatoms. The molecule has 5 unspecified atom stereocenters. The molecule has 3 nitrogen and oxygen atoms in total. The van der Waals surface area contributed by atoms with Crippen LogP contribution in [0.25, 0.3) is 0 Å². The molecule has 2 saturated carbocycles. The van der Waals surface area contributed by atoms with Crippen LogP contribution in [0.15, 0.2) is 0 Å². The Hall–Kier alpha value is -0.570. The minimum atomic E-state index is 0.377. The van der Waals surface area contributed by atoms with Gasteiger partial charge in [0.1, 0.15) is 0 Å². The third kappa shape index (κ3) is 2.61. The van der Waals surface area contributed by atoms with Crippen molar-refractivity contribution in [2.45, 2.75) is 58.4 Å². The quantitative estimate of drug-likeness (QED) is 0.857. The molecule has 0 spiro atoms. The van der Waals surface area contributed by atoms with Gasteiger partial charge in [-0.3, -0.25) is 4.79 Å². The molecule has 0 aromatic heterocycles. The van der Waals surface area contributed by atoms with E-state index in [-0.39, 0.29) is 0 Å². The first-order valence-electron chi connectivity index (χ1n) is 8.75. The van der Waals surface area contributed by atoms with E-state index < -0.39 is 0 Å². The summed E-state index contributed by atoms with van der Waals surface area (Å²) in [5.74, 6) is 3.10. The Bertz CT molecular complexity index is 357. The Morgan fingerprint density at radius 1 is 1.20 bits per heavy atom. The monoisotopic (exact) mass is 278 g/mol. The fourth-order valence-corrected chi connectivity index (χ4v) is 4.96. The third-order valence-electron chi connectivity index (χ3n) is 6.09. The van der Waals surface area contributed by atoms with Crippen LogP contribution < -0.4 is 5.32 Å². The van der Waals surface area contributed by atoms with Gasteiger partial charge in [0.05, 0.1) is 0 Å². The Labute approximate surface area is 123 Å². The molecule has 1 aliphatic heterocycles. The zero-order chi connectivity index (χ0) is 14.1. The van der Waals surface area contributed by atoms with Crippen LogP contribution >= 0.6 is 0 Å². The molecule has 2 bridgehead atoms. The van der Waals surface area contributed by atoms with Gasteiger partial charge in [-0.25, -0.2) is 0 Å². The zero-order valence-corrected chi connectivity index (χ0v) is 13.1. The summed E-state index contributed by atoms with van der Waals surface area (Å²) < 4.78 is 0. The van der Waals surface area contributed by atoms with Crippen molar-refractivity contribution < 1.29 is 4.79 Å². The van der Waals surface area contributed by atoms with Crippen LogP contribution in [-0.2, 0) is 4.79 Å². The van der Waals surface area contributed by atoms with Gasteiger partial charge in [-0.15, -0.1) is 0 Å².